The zero-order valence-corrected chi connectivity index (χ0v) is 10.0. The molecule has 0 aliphatic heterocycles. The minimum absolute atomic E-state index is 0.116. The van der Waals surface area contributed by atoms with Crippen LogP contribution in [0, 0.1) is 0 Å². The van der Waals surface area contributed by atoms with Gasteiger partial charge in [-0.3, -0.25) is 4.79 Å². The zero-order valence-electron chi connectivity index (χ0n) is 8.49. The van der Waals surface area contributed by atoms with Crippen LogP contribution < -0.4 is 10.6 Å². The van der Waals surface area contributed by atoms with Gasteiger partial charge in [0.2, 0.25) is 0 Å². The van der Waals surface area contributed by atoms with Gasteiger partial charge in [0.25, 0.3) is 0 Å². The Balaban J connectivity index is 2.91. The highest BCUT2D eigenvalue weighted by atomic mass is 35.5. The largest absolute Gasteiger partial charge is 0.480 e. The summed E-state index contributed by atoms with van der Waals surface area (Å²) in [5.74, 6) is -0.917. The Kier molecular flexibility index (Phi) is 4.86. The summed E-state index contributed by atoms with van der Waals surface area (Å²) in [5.41, 5.74) is 6.11. The Morgan fingerprint density at radius 1 is 1.38 bits per heavy atom. The molecule has 0 aliphatic rings. The highest BCUT2D eigenvalue weighted by molar-refractivity contribution is 6.42. The van der Waals surface area contributed by atoms with Crippen molar-refractivity contribution in [2.24, 2.45) is 5.73 Å². The predicted molar refractivity (Wildman–Crippen MR) is 65.4 cm³/mol. The third-order valence-electron chi connectivity index (χ3n) is 1.99. The number of carboxylic acid groups (broad SMARTS) is 1. The van der Waals surface area contributed by atoms with Crippen LogP contribution in [0.15, 0.2) is 18.2 Å². The first-order chi connectivity index (χ1) is 7.54. The molecule has 0 fully saturated rings. The molecule has 0 bridgehead atoms. The van der Waals surface area contributed by atoms with Crippen molar-refractivity contribution in [3.05, 3.63) is 28.2 Å². The van der Waals surface area contributed by atoms with E-state index >= 15 is 0 Å². The maximum absolute atomic E-state index is 10.7. The van der Waals surface area contributed by atoms with Gasteiger partial charge in [-0.2, -0.15) is 0 Å². The third-order valence-corrected chi connectivity index (χ3v) is 2.73. The van der Waals surface area contributed by atoms with Crippen LogP contribution in [0.1, 0.15) is 0 Å². The van der Waals surface area contributed by atoms with Crippen molar-refractivity contribution >= 4 is 34.9 Å². The quantitative estimate of drug-likeness (QED) is 0.850. The minimum Gasteiger partial charge on any atom is -0.480 e. The molecule has 1 aromatic carbocycles. The molecular formula is C10H12Cl2N2O2. The summed E-state index contributed by atoms with van der Waals surface area (Å²) in [7, 11) is 0. The Bertz CT molecular complexity index is 385. The number of hydrogen-bond acceptors (Lipinski definition) is 3. The molecule has 0 radical (unpaired) electrons. The van der Waals surface area contributed by atoms with Crippen molar-refractivity contribution in [2.45, 2.75) is 0 Å². The number of carboxylic acids is 1. The number of hydrogen-bond donors (Lipinski definition) is 2. The molecule has 1 rings (SSSR count). The third kappa shape index (κ3) is 3.56. The summed E-state index contributed by atoms with van der Waals surface area (Å²) < 4.78 is 0. The topological polar surface area (TPSA) is 66.6 Å². The average Bonchev–Trinajstić information content (AvgIpc) is 2.21. The number of nitrogens with two attached hydrogens (primary N) is 1. The number of rotatable bonds is 5. The molecule has 16 heavy (non-hydrogen) atoms. The van der Waals surface area contributed by atoms with E-state index in [9.17, 15) is 4.79 Å². The Morgan fingerprint density at radius 2 is 2.06 bits per heavy atom. The van der Waals surface area contributed by atoms with Crippen LogP contribution in [0.5, 0.6) is 0 Å². The second-order valence-corrected chi connectivity index (χ2v) is 4.02. The molecule has 0 unspecified atom stereocenters. The molecule has 88 valence electrons. The number of aliphatic carboxylic acids is 1. The molecule has 0 aliphatic carbocycles. The average molecular weight is 263 g/mol. The Hall–Kier alpha value is -0.970. The second kappa shape index (κ2) is 5.94. The van der Waals surface area contributed by atoms with E-state index in [1.54, 1.807) is 23.1 Å². The van der Waals surface area contributed by atoms with Gasteiger partial charge in [-0.1, -0.05) is 23.2 Å². The van der Waals surface area contributed by atoms with Crippen LogP contribution in [0.2, 0.25) is 10.0 Å². The number of nitrogens with zero attached hydrogens (tertiary/aromatic N) is 1. The second-order valence-electron chi connectivity index (χ2n) is 3.20. The van der Waals surface area contributed by atoms with Crippen LogP contribution in [0.3, 0.4) is 0 Å². The van der Waals surface area contributed by atoms with Gasteiger partial charge in [-0.25, -0.2) is 0 Å². The van der Waals surface area contributed by atoms with Gasteiger partial charge in [0.05, 0.1) is 10.0 Å². The predicted octanol–water partition coefficient (Wildman–Crippen LogP) is 1.84. The maximum Gasteiger partial charge on any atom is 0.323 e. The fourth-order valence-electron chi connectivity index (χ4n) is 1.30. The maximum atomic E-state index is 10.7. The first-order valence-corrected chi connectivity index (χ1v) is 5.42. The van der Waals surface area contributed by atoms with E-state index in [2.05, 4.69) is 0 Å². The smallest absolute Gasteiger partial charge is 0.323 e. The number of halogens is 2. The highest BCUT2D eigenvalue weighted by Crippen LogP contribution is 2.26. The fraction of sp³-hybridized carbons (Fsp3) is 0.300. The lowest BCUT2D eigenvalue weighted by Crippen LogP contribution is -2.34. The summed E-state index contributed by atoms with van der Waals surface area (Å²) in [6.07, 6.45) is 0. The summed E-state index contributed by atoms with van der Waals surface area (Å²) in [5, 5.41) is 9.59. The Labute approximate surface area is 104 Å². The summed E-state index contributed by atoms with van der Waals surface area (Å²) in [4.78, 5) is 12.3. The van der Waals surface area contributed by atoms with E-state index in [0.29, 0.717) is 28.8 Å². The highest BCUT2D eigenvalue weighted by Gasteiger charge is 2.11. The van der Waals surface area contributed by atoms with Crippen LogP contribution in [-0.2, 0) is 4.79 Å². The van der Waals surface area contributed by atoms with E-state index < -0.39 is 5.97 Å². The van der Waals surface area contributed by atoms with Gasteiger partial charge in [-0.05, 0) is 18.2 Å². The monoisotopic (exact) mass is 262 g/mol. The van der Waals surface area contributed by atoms with Crippen molar-refractivity contribution in [3.63, 3.8) is 0 Å². The van der Waals surface area contributed by atoms with Gasteiger partial charge >= 0.3 is 5.97 Å². The van der Waals surface area contributed by atoms with Crippen LogP contribution in [-0.4, -0.2) is 30.7 Å². The normalized spacial score (nSPS) is 10.2. The molecule has 0 amide bonds. The van der Waals surface area contributed by atoms with Gasteiger partial charge in [-0.15, -0.1) is 0 Å². The summed E-state index contributed by atoms with van der Waals surface area (Å²) in [6.45, 7) is 0.701. The van der Waals surface area contributed by atoms with Crippen molar-refractivity contribution < 1.29 is 9.90 Å². The lowest BCUT2D eigenvalue weighted by Gasteiger charge is -2.22. The van der Waals surface area contributed by atoms with Crippen LogP contribution in [0.25, 0.3) is 0 Å². The molecule has 0 saturated carbocycles. The van der Waals surface area contributed by atoms with Gasteiger partial charge in [0.15, 0.2) is 0 Å². The molecule has 0 atom stereocenters. The van der Waals surface area contributed by atoms with E-state index in [1.807, 2.05) is 0 Å². The standard InChI is InChI=1S/C10H12Cl2N2O2/c11-8-2-1-7(5-9(8)12)14(4-3-13)6-10(15)16/h1-2,5H,3-4,6,13H2,(H,15,16). The molecular weight excluding hydrogens is 251 g/mol. The molecule has 4 nitrogen and oxygen atoms in total. The lowest BCUT2D eigenvalue weighted by atomic mass is 10.3. The van der Waals surface area contributed by atoms with Gasteiger partial charge < -0.3 is 15.7 Å². The van der Waals surface area contributed by atoms with E-state index in [1.165, 1.54) is 0 Å². The van der Waals surface area contributed by atoms with Gasteiger partial charge in [0, 0.05) is 18.8 Å². The summed E-state index contributed by atoms with van der Waals surface area (Å²) >= 11 is 11.6. The van der Waals surface area contributed by atoms with Crippen LogP contribution >= 0.6 is 23.2 Å². The van der Waals surface area contributed by atoms with E-state index in [4.69, 9.17) is 34.0 Å². The lowest BCUT2D eigenvalue weighted by molar-refractivity contribution is -0.135. The minimum atomic E-state index is -0.917. The number of anilines is 1. The van der Waals surface area contributed by atoms with E-state index in [-0.39, 0.29) is 6.54 Å². The SMILES string of the molecule is NCCN(CC(=O)O)c1ccc(Cl)c(Cl)c1. The van der Waals surface area contributed by atoms with E-state index in [0.717, 1.165) is 0 Å². The molecule has 0 saturated heterocycles. The number of carbonyl (C=O) groups is 1. The molecule has 0 spiro atoms. The molecule has 1 aromatic rings. The Morgan fingerprint density at radius 3 is 2.56 bits per heavy atom. The number of benzene rings is 1. The molecule has 3 N–H and O–H groups in total. The van der Waals surface area contributed by atoms with Crippen molar-refractivity contribution in [1.29, 1.82) is 0 Å². The first-order valence-electron chi connectivity index (χ1n) is 4.66. The fourth-order valence-corrected chi connectivity index (χ4v) is 1.59. The molecule has 6 heteroatoms. The first kappa shape index (κ1) is 13.1. The molecule has 0 aromatic heterocycles. The van der Waals surface area contributed by atoms with Crippen molar-refractivity contribution in [3.8, 4) is 0 Å². The zero-order chi connectivity index (χ0) is 12.1. The van der Waals surface area contributed by atoms with Crippen molar-refractivity contribution in [1.82, 2.24) is 0 Å². The van der Waals surface area contributed by atoms with Crippen LogP contribution in [0.4, 0.5) is 5.69 Å². The van der Waals surface area contributed by atoms with Gasteiger partial charge in [0.1, 0.15) is 6.54 Å². The summed E-state index contributed by atoms with van der Waals surface area (Å²) in [6, 6.07) is 4.97. The van der Waals surface area contributed by atoms with Crippen molar-refractivity contribution in [2.75, 3.05) is 24.5 Å². The molecule has 0 heterocycles.